The Morgan fingerprint density at radius 2 is 1.80 bits per heavy atom. The molecule has 0 unspecified atom stereocenters. The Balaban J connectivity index is 1.79. The summed E-state index contributed by atoms with van der Waals surface area (Å²) < 4.78 is 33.9. The first kappa shape index (κ1) is 18.4. The third kappa shape index (κ3) is 3.91. The SMILES string of the molecule is CCc1ccc(S(=O)(=O)NCC2(c3ccc(OC)cc3)CCCC2)s1. The molecule has 0 saturated heterocycles. The van der Waals surface area contributed by atoms with Crippen LogP contribution in [0.3, 0.4) is 0 Å². The van der Waals surface area contributed by atoms with E-state index in [-0.39, 0.29) is 5.41 Å². The maximum atomic E-state index is 12.7. The van der Waals surface area contributed by atoms with Crippen molar-refractivity contribution in [3.8, 4) is 5.75 Å². The van der Waals surface area contributed by atoms with Gasteiger partial charge < -0.3 is 4.74 Å². The van der Waals surface area contributed by atoms with Crippen LogP contribution in [0.25, 0.3) is 0 Å². The zero-order chi connectivity index (χ0) is 17.9. The van der Waals surface area contributed by atoms with Crippen LogP contribution in [0.2, 0.25) is 0 Å². The maximum absolute atomic E-state index is 12.7. The van der Waals surface area contributed by atoms with Gasteiger partial charge in [0.05, 0.1) is 7.11 Å². The molecule has 25 heavy (non-hydrogen) atoms. The number of sulfonamides is 1. The summed E-state index contributed by atoms with van der Waals surface area (Å²) in [6.07, 6.45) is 5.13. The van der Waals surface area contributed by atoms with Crippen molar-refractivity contribution in [3.05, 3.63) is 46.8 Å². The number of thiophene rings is 1. The van der Waals surface area contributed by atoms with E-state index < -0.39 is 10.0 Å². The minimum absolute atomic E-state index is 0.121. The third-order valence-electron chi connectivity index (χ3n) is 5.11. The van der Waals surface area contributed by atoms with Crippen molar-refractivity contribution >= 4 is 21.4 Å². The van der Waals surface area contributed by atoms with Crippen LogP contribution in [0, 0.1) is 0 Å². The Kier molecular flexibility index (Phi) is 5.51. The summed E-state index contributed by atoms with van der Waals surface area (Å²) in [5, 5.41) is 0. The van der Waals surface area contributed by atoms with Gasteiger partial charge in [0.25, 0.3) is 0 Å². The van der Waals surface area contributed by atoms with Crippen LogP contribution < -0.4 is 9.46 Å². The molecule has 0 radical (unpaired) electrons. The molecule has 1 aromatic heterocycles. The molecule has 0 bridgehead atoms. The van der Waals surface area contributed by atoms with Crippen molar-refractivity contribution in [1.29, 1.82) is 0 Å². The summed E-state index contributed by atoms with van der Waals surface area (Å²) >= 11 is 1.35. The van der Waals surface area contributed by atoms with E-state index in [2.05, 4.69) is 16.9 Å². The van der Waals surface area contributed by atoms with Crippen molar-refractivity contribution in [2.45, 2.75) is 48.7 Å². The molecule has 0 atom stereocenters. The normalized spacial score (nSPS) is 16.9. The highest BCUT2D eigenvalue weighted by Crippen LogP contribution is 2.41. The number of aryl methyl sites for hydroxylation is 1. The molecule has 0 spiro atoms. The molecule has 1 heterocycles. The van der Waals surface area contributed by atoms with E-state index >= 15 is 0 Å². The van der Waals surface area contributed by atoms with E-state index in [0.29, 0.717) is 10.8 Å². The number of rotatable bonds is 7. The second kappa shape index (κ2) is 7.48. The predicted octanol–water partition coefficient (Wildman–Crippen LogP) is 4.11. The van der Waals surface area contributed by atoms with Gasteiger partial charge >= 0.3 is 0 Å². The molecular formula is C19H25NO3S2. The van der Waals surface area contributed by atoms with Gasteiger partial charge in [-0.25, -0.2) is 13.1 Å². The number of methoxy groups -OCH3 is 1. The molecule has 6 heteroatoms. The maximum Gasteiger partial charge on any atom is 0.250 e. The number of hydrogen-bond acceptors (Lipinski definition) is 4. The molecule has 1 aliphatic rings. The van der Waals surface area contributed by atoms with Gasteiger partial charge in [0.15, 0.2) is 0 Å². The molecule has 1 saturated carbocycles. The highest BCUT2D eigenvalue weighted by molar-refractivity contribution is 7.91. The monoisotopic (exact) mass is 379 g/mol. The fourth-order valence-corrected chi connectivity index (χ4v) is 6.03. The second-order valence-electron chi connectivity index (χ2n) is 6.61. The van der Waals surface area contributed by atoms with Crippen LogP contribution in [0.1, 0.15) is 43.0 Å². The number of hydrogen-bond donors (Lipinski definition) is 1. The van der Waals surface area contributed by atoms with Crippen molar-refractivity contribution in [2.24, 2.45) is 0 Å². The van der Waals surface area contributed by atoms with Gasteiger partial charge in [0.2, 0.25) is 10.0 Å². The van der Waals surface area contributed by atoms with E-state index in [1.807, 2.05) is 25.1 Å². The van der Waals surface area contributed by atoms with Gasteiger partial charge in [-0.1, -0.05) is 31.9 Å². The standard InChI is InChI=1S/C19H25NO3S2/c1-3-17-10-11-18(24-17)25(21,22)20-14-19(12-4-5-13-19)15-6-8-16(23-2)9-7-15/h6-11,20H,3-5,12-14H2,1-2H3. The van der Waals surface area contributed by atoms with Gasteiger partial charge in [-0.3, -0.25) is 0 Å². The van der Waals surface area contributed by atoms with Gasteiger partial charge in [-0.15, -0.1) is 11.3 Å². The minimum atomic E-state index is -3.45. The smallest absolute Gasteiger partial charge is 0.250 e. The molecule has 3 rings (SSSR count). The topological polar surface area (TPSA) is 55.4 Å². The zero-order valence-electron chi connectivity index (χ0n) is 14.7. The molecule has 1 N–H and O–H groups in total. The summed E-state index contributed by atoms with van der Waals surface area (Å²) in [4.78, 5) is 1.09. The third-order valence-corrected chi connectivity index (χ3v) is 8.24. The molecular weight excluding hydrogens is 354 g/mol. The van der Waals surface area contributed by atoms with Crippen molar-refractivity contribution in [2.75, 3.05) is 13.7 Å². The zero-order valence-corrected chi connectivity index (χ0v) is 16.4. The molecule has 1 fully saturated rings. The van der Waals surface area contributed by atoms with Crippen LogP contribution in [-0.4, -0.2) is 22.1 Å². The van der Waals surface area contributed by atoms with Gasteiger partial charge in [0.1, 0.15) is 9.96 Å². The molecule has 0 amide bonds. The van der Waals surface area contributed by atoms with Crippen molar-refractivity contribution in [3.63, 3.8) is 0 Å². The van der Waals surface area contributed by atoms with Gasteiger partial charge in [0, 0.05) is 16.8 Å². The lowest BCUT2D eigenvalue weighted by atomic mass is 9.79. The highest BCUT2D eigenvalue weighted by atomic mass is 32.2. The van der Waals surface area contributed by atoms with Crippen LogP contribution in [0.4, 0.5) is 0 Å². The lowest BCUT2D eigenvalue weighted by Crippen LogP contribution is -2.38. The lowest BCUT2D eigenvalue weighted by molar-refractivity contribution is 0.410. The average Bonchev–Trinajstić information content (AvgIpc) is 3.30. The quantitative estimate of drug-likeness (QED) is 0.788. The van der Waals surface area contributed by atoms with Crippen LogP contribution in [0.5, 0.6) is 5.75 Å². The Morgan fingerprint density at radius 1 is 1.12 bits per heavy atom. The van der Waals surface area contributed by atoms with Crippen molar-refractivity contribution < 1.29 is 13.2 Å². The summed E-state index contributed by atoms with van der Waals surface area (Å²) in [5.74, 6) is 0.822. The van der Waals surface area contributed by atoms with Crippen molar-refractivity contribution in [1.82, 2.24) is 4.72 Å². The molecule has 4 nitrogen and oxygen atoms in total. The minimum Gasteiger partial charge on any atom is -0.497 e. The summed E-state index contributed by atoms with van der Waals surface area (Å²) in [5.41, 5.74) is 1.07. The van der Waals surface area contributed by atoms with Gasteiger partial charge in [-0.05, 0) is 49.1 Å². The Bertz CT molecular complexity index is 803. The molecule has 1 aliphatic carbocycles. The second-order valence-corrected chi connectivity index (χ2v) is 9.78. The summed E-state index contributed by atoms with van der Waals surface area (Å²) in [6.45, 7) is 2.48. The van der Waals surface area contributed by atoms with E-state index in [9.17, 15) is 8.42 Å². The van der Waals surface area contributed by atoms with E-state index in [0.717, 1.165) is 42.7 Å². The lowest BCUT2D eigenvalue weighted by Gasteiger charge is -2.30. The summed E-state index contributed by atoms with van der Waals surface area (Å²) in [7, 11) is -1.80. The van der Waals surface area contributed by atoms with E-state index in [1.165, 1.54) is 16.9 Å². The van der Waals surface area contributed by atoms with E-state index in [4.69, 9.17) is 4.74 Å². The van der Waals surface area contributed by atoms with E-state index in [1.54, 1.807) is 13.2 Å². The van der Waals surface area contributed by atoms with Crippen LogP contribution in [0.15, 0.2) is 40.6 Å². The molecule has 0 aliphatic heterocycles. The first-order valence-corrected chi connectivity index (χ1v) is 11.0. The highest BCUT2D eigenvalue weighted by Gasteiger charge is 2.37. The fourth-order valence-electron chi connectivity index (χ4n) is 3.56. The average molecular weight is 380 g/mol. The Hall–Kier alpha value is -1.37. The largest absolute Gasteiger partial charge is 0.497 e. The Morgan fingerprint density at radius 3 is 2.36 bits per heavy atom. The summed E-state index contributed by atoms with van der Waals surface area (Å²) in [6, 6.07) is 11.7. The van der Waals surface area contributed by atoms with Gasteiger partial charge in [-0.2, -0.15) is 0 Å². The first-order chi connectivity index (χ1) is 12.0. The predicted molar refractivity (Wildman–Crippen MR) is 102 cm³/mol. The Labute approximate surface area is 154 Å². The number of ether oxygens (including phenoxy) is 1. The molecule has 1 aromatic carbocycles. The molecule has 136 valence electrons. The number of nitrogens with one attached hydrogen (secondary N) is 1. The molecule has 2 aromatic rings. The first-order valence-electron chi connectivity index (χ1n) is 8.72. The van der Waals surface area contributed by atoms with Crippen LogP contribution >= 0.6 is 11.3 Å². The van der Waals surface area contributed by atoms with Crippen LogP contribution in [-0.2, 0) is 21.9 Å². The number of benzene rings is 1. The fraction of sp³-hybridized carbons (Fsp3) is 0.474.